The molecule has 0 unspecified atom stereocenters. The molecule has 0 saturated carbocycles. The topological polar surface area (TPSA) is 34.4 Å². The van der Waals surface area contributed by atoms with Crippen molar-refractivity contribution in [1.82, 2.24) is 9.38 Å². The number of hydrogen-bond acceptors (Lipinski definition) is 2. The lowest BCUT2D eigenvalue weighted by molar-refractivity contribution is 1.19. The smallest absolute Gasteiger partial charge is 0.264 e. The molecule has 3 aromatic carbocycles. The molecule has 0 aliphatic carbocycles. The highest BCUT2D eigenvalue weighted by atomic mass is 16.1. The van der Waals surface area contributed by atoms with Crippen LogP contribution in [0.4, 0.5) is 0 Å². The molecule has 0 amide bonds. The van der Waals surface area contributed by atoms with Crippen LogP contribution in [0.25, 0.3) is 38.2 Å². The molecular formula is C19H12N2O. The van der Waals surface area contributed by atoms with Crippen LogP contribution in [-0.4, -0.2) is 9.38 Å². The Balaban J connectivity index is 2.23. The van der Waals surface area contributed by atoms with E-state index in [0.717, 1.165) is 43.8 Å². The van der Waals surface area contributed by atoms with E-state index in [9.17, 15) is 4.79 Å². The molecule has 22 heavy (non-hydrogen) atoms. The second-order valence-corrected chi connectivity index (χ2v) is 5.78. The summed E-state index contributed by atoms with van der Waals surface area (Å²) >= 11 is 0. The van der Waals surface area contributed by atoms with Crippen molar-refractivity contribution in [2.75, 3.05) is 0 Å². The Morgan fingerprint density at radius 1 is 0.955 bits per heavy atom. The molecule has 0 spiro atoms. The number of rotatable bonds is 0. The van der Waals surface area contributed by atoms with Crippen molar-refractivity contribution in [2.24, 2.45) is 0 Å². The van der Waals surface area contributed by atoms with Crippen LogP contribution in [0.5, 0.6) is 0 Å². The molecule has 0 radical (unpaired) electrons. The van der Waals surface area contributed by atoms with Crippen LogP contribution < -0.4 is 5.56 Å². The lowest BCUT2D eigenvalue weighted by atomic mass is 10.0. The molecule has 0 aliphatic rings. The van der Waals surface area contributed by atoms with Gasteiger partial charge in [-0.3, -0.25) is 9.20 Å². The molecule has 0 atom stereocenters. The maximum absolute atomic E-state index is 13.0. The molecular weight excluding hydrogens is 272 g/mol. The van der Waals surface area contributed by atoms with Gasteiger partial charge in [0.1, 0.15) is 5.65 Å². The molecule has 0 aliphatic heterocycles. The fourth-order valence-electron chi connectivity index (χ4n) is 3.40. The average Bonchev–Trinajstić information content (AvgIpc) is 2.91. The Kier molecular flexibility index (Phi) is 2.03. The SMILES string of the molecule is Cc1ccc2nc3c4cccc5cccc(c(=O)n3c2c1)c54. The summed E-state index contributed by atoms with van der Waals surface area (Å²) in [7, 11) is 0. The van der Waals surface area contributed by atoms with Gasteiger partial charge >= 0.3 is 0 Å². The number of aromatic nitrogens is 2. The van der Waals surface area contributed by atoms with Crippen LogP contribution in [0, 0.1) is 6.92 Å². The monoisotopic (exact) mass is 284 g/mol. The third kappa shape index (κ3) is 1.31. The van der Waals surface area contributed by atoms with E-state index in [-0.39, 0.29) is 5.56 Å². The number of imidazole rings is 1. The third-order valence-electron chi connectivity index (χ3n) is 4.39. The summed E-state index contributed by atoms with van der Waals surface area (Å²) in [6.07, 6.45) is 0. The van der Waals surface area contributed by atoms with E-state index in [1.165, 1.54) is 0 Å². The van der Waals surface area contributed by atoms with E-state index < -0.39 is 0 Å². The summed E-state index contributed by atoms with van der Waals surface area (Å²) in [6, 6.07) is 18.0. The highest BCUT2D eigenvalue weighted by Crippen LogP contribution is 2.29. The standard InChI is InChI=1S/C19H12N2O/c1-11-8-9-15-16(10-11)21-18(20-15)13-6-2-4-12-5-3-7-14(17(12)13)19(21)22/h2-10H,1H3. The number of pyridine rings is 1. The van der Waals surface area contributed by atoms with Gasteiger partial charge in [-0.2, -0.15) is 0 Å². The summed E-state index contributed by atoms with van der Waals surface area (Å²) in [4.78, 5) is 17.7. The minimum atomic E-state index is 0.00685. The maximum atomic E-state index is 13.0. The minimum absolute atomic E-state index is 0.00685. The van der Waals surface area contributed by atoms with Gasteiger partial charge in [-0.1, -0.05) is 36.4 Å². The predicted octanol–water partition coefficient (Wildman–Crippen LogP) is 3.90. The van der Waals surface area contributed by atoms with Gasteiger partial charge in [-0.15, -0.1) is 0 Å². The van der Waals surface area contributed by atoms with Gasteiger partial charge < -0.3 is 0 Å². The van der Waals surface area contributed by atoms with Gasteiger partial charge in [-0.25, -0.2) is 4.98 Å². The zero-order valence-electron chi connectivity index (χ0n) is 12.0. The van der Waals surface area contributed by atoms with Crippen molar-refractivity contribution < 1.29 is 0 Å². The number of benzene rings is 3. The predicted molar refractivity (Wildman–Crippen MR) is 89.9 cm³/mol. The van der Waals surface area contributed by atoms with Crippen LogP contribution in [-0.2, 0) is 0 Å². The lowest BCUT2D eigenvalue weighted by Crippen LogP contribution is -2.13. The van der Waals surface area contributed by atoms with Crippen molar-refractivity contribution in [3.05, 3.63) is 70.5 Å². The molecule has 3 nitrogen and oxygen atoms in total. The normalized spacial score (nSPS) is 12.0. The first-order chi connectivity index (χ1) is 10.7. The van der Waals surface area contributed by atoms with Crippen molar-refractivity contribution >= 4 is 38.2 Å². The minimum Gasteiger partial charge on any atom is -0.268 e. The largest absolute Gasteiger partial charge is 0.268 e. The Labute approximate surface area is 125 Å². The van der Waals surface area contributed by atoms with Gasteiger partial charge in [0.25, 0.3) is 5.56 Å². The zero-order chi connectivity index (χ0) is 14.8. The second-order valence-electron chi connectivity index (χ2n) is 5.78. The highest BCUT2D eigenvalue weighted by molar-refractivity contribution is 6.15. The van der Waals surface area contributed by atoms with Gasteiger partial charge in [-0.05, 0) is 36.1 Å². The number of nitrogens with zero attached hydrogens (tertiary/aromatic N) is 2. The van der Waals surface area contributed by atoms with Crippen LogP contribution >= 0.6 is 0 Å². The van der Waals surface area contributed by atoms with Crippen molar-refractivity contribution in [2.45, 2.75) is 6.92 Å². The molecule has 3 heteroatoms. The summed E-state index contributed by atoms with van der Waals surface area (Å²) in [6.45, 7) is 2.03. The first kappa shape index (κ1) is 11.7. The summed E-state index contributed by atoms with van der Waals surface area (Å²) in [5.41, 5.74) is 3.62. The maximum Gasteiger partial charge on any atom is 0.264 e. The first-order valence-electron chi connectivity index (χ1n) is 7.30. The van der Waals surface area contributed by atoms with Crippen molar-refractivity contribution in [1.29, 1.82) is 0 Å². The Morgan fingerprint density at radius 2 is 1.73 bits per heavy atom. The van der Waals surface area contributed by atoms with Gasteiger partial charge in [0.05, 0.1) is 11.0 Å². The number of hydrogen-bond donors (Lipinski definition) is 0. The molecule has 0 saturated heterocycles. The lowest BCUT2D eigenvalue weighted by Gasteiger charge is -2.06. The summed E-state index contributed by atoms with van der Waals surface area (Å²) < 4.78 is 1.75. The van der Waals surface area contributed by atoms with Crippen LogP contribution in [0.1, 0.15) is 5.56 Å². The quantitative estimate of drug-likeness (QED) is 0.432. The van der Waals surface area contributed by atoms with Crippen LogP contribution in [0.2, 0.25) is 0 Å². The molecule has 104 valence electrons. The summed E-state index contributed by atoms with van der Waals surface area (Å²) in [5, 5.41) is 3.87. The van der Waals surface area contributed by atoms with Gasteiger partial charge in [0.15, 0.2) is 0 Å². The van der Waals surface area contributed by atoms with E-state index in [0.29, 0.717) is 0 Å². The number of fused-ring (bicyclic) bond motifs is 4. The average molecular weight is 284 g/mol. The van der Waals surface area contributed by atoms with E-state index in [4.69, 9.17) is 4.98 Å². The Hall–Kier alpha value is -2.94. The molecule has 0 bridgehead atoms. The Morgan fingerprint density at radius 3 is 2.55 bits per heavy atom. The molecule has 2 heterocycles. The van der Waals surface area contributed by atoms with Crippen molar-refractivity contribution in [3.63, 3.8) is 0 Å². The van der Waals surface area contributed by atoms with E-state index in [1.54, 1.807) is 4.40 Å². The molecule has 0 N–H and O–H groups in total. The zero-order valence-corrected chi connectivity index (χ0v) is 12.0. The van der Waals surface area contributed by atoms with Gasteiger partial charge in [0, 0.05) is 16.2 Å². The van der Waals surface area contributed by atoms with Gasteiger partial charge in [0.2, 0.25) is 0 Å². The molecule has 2 aromatic heterocycles. The third-order valence-corrected chi connectivity index (χ3v) is 4.39. The highest BCUT2D eigenvalue weighted by Gasteiger charge is 2.15. The number of aryl methyl sites for hydroxylation is 1. The van der Waals surface area contributed by atoms with Crippen LogP contribution in [0.15, 0.2) is 59.4 Å². The second kappa shape index (κ2) is 3.83. The van der Waals surface area contributed by atoms with Crippen LogP contribution in [0.3, 0.4) is 0 Å². The van der Waals surface area contributed by atoms with E-state index in [1.807, 2.05) is 61.5 Å². The summed E-state index contributed by atoms with van der Waals surface area (Å²) in [5.74, 6) is 0. The Bertz CT molecular complexity index is 1250. The fraction of sp³-hybridized carbons (Fsp3) is 0.0526. The molecule has 0 fully saturated rings. The molecule has 5 aromatic rings. The fourth-order valence-corrected chi connectivity index (χ4v) is 3.40. The molecule has 5 rings (SSSR count). The van der Waals surface area contributed by atoms with Crippen molar-refractivity contribution in [3.8, 4) is 0 Å². The first-order valence-corrected chi connectivity index (χ1v) is 7.30. The van der Waals surface area contributed by atoms with E-state index in [2.05, 4.69) is 0 Å². The van der Waals surface area contributed by atoms with E-state index >= 15 is 0 Å².